The van der Waals surface area contributed by atoms with Crippen molar-refractivity contribution < 1.29 is 19.1 Å². The molecule has 1 aromatic carbocycles. The Hall–Kier alpha value is -2.39. The van der Waals surface area contributed by atoms with Crippen LogP contribution in [0.15, 0.2) is 30.9 Å². The van der Waals surface area contributed by atoms with E-state index in [1.165, 1.54) is 23.7 Å². The molecule has 158 valence electrons. The van der Waals surface area contributed by atoms with E-state index in [1.807, 2.05) is 12.1 Å². The number of hydrazine groups is 1. The molecule has 2 heterocycles. The van der Waals surface area contributed by atoms with E-state index in [0.717, 1.165) is 37.1 Å². The molecular weight excluding hydrogens is 395 g/mol. The predicted octanol–water partition coefficient (Wildman–Crippen LogP) is 1.53. The first-order chi connectivity index (χ1) is 13.8. The van der Waals surface area contributed by atoms with E-state index in [4.69, 9.17) is 26.1 Å². The summed E-state index contributed by atoms with van der Waals surface area (Å²) in [5, 5.41) is 2.21. The molecule has 6 N–H and O–H groups in total. The maximum Gasteiger partial charge on any atom is 0.325 e. The molecule has 0 unspecified atom stereocenters. The zero-order valence-electron chi connectivity index (χ0n) is 16.3. The van der Waals surface area contributed by atoms with Gasteiger partial charge < -0.3 is 25.2 Å². The van der Waals surface area contributed by atoms with Gasteiger partial charge in [-0.3, -0.25) is 9.57 Å². The molecule has 1 aromatic heterocycles. The molecule has 3 rings (SSSR count). The highest BCUT2D eigenvalue weighted by Crippen LogP contribution is 2.40. The molecule has 1 aliphatic heterocycles. The Balaban J connectivity index is 1.86. The number of piperidine rings is 1. The van der Waals surface area contributed by atoms with Gasteiger partial charge in [0.1, 0.15) is 29.1 Å². The second kappa shape index (κ2) is 8.96. The fourth-order valence-electron chi connectivity index (χ4n) is 3.70. The monoisotopic (exact) mass is 422 g/mol. The zero-order chi connectivity index (χ0) is 21.0. The minimum Gasteiger partial charge on any atom is -0.494 e. The number of rotatable bonds is 7. The lowest BCUT2D eigenvalue weighted by molar-refractivity contribution is 0.350. The van der Waals surface area contributed by atoms with E-state index >= 15 is 0 Å². The molecule has 10 nitrogen and oxygen atoms in total. The standard InChI is InChI=1S/C18H27N6O4P/c1-28-15-3-2-14-16(17(15)24(20)10-7-19)21-12-22-18(14)23-8-4-13(5-9-23)6-11-29(25,26)27/h2-3,7,10,12-13H,4-6,8-9,11,19-20H2,1H3,(H2,25,26,27)/b10-7-. The van der Waals surface area contributed by atoms with Gasteiger partial charge in [-0.05, 0) is 37.3 Å². The van der Waals surface area contributed by atoms with E-state index in [1.54, 1.807) is 7.11 Å². The van der Waals surface area contributed by atoms with Crippen LogP contribution < -0.4 is 26.2 Å². The maximum absolute atomic E-state index is 11.1. The lowest BCUT2D eigenvalue weighted by Crippen LogP contribution is -2.34. The summed E-state index contributed by atoms with van der Waals surface area (Å²) in [5.41, 5.74) is 6.72. The number of anilines is 2. The molecule has 0 spiro atoms. The van der Waals surface area contributed by atoms with Crippen LogP contribution in [0.4, 0.5) is 11.5 Å². The minimum atomic E-state index is -3.94. The first-order valence-electron chi connectivity index (χ1n) is 9.37. The largest absolute Gasteiger partial charge is 0.494 e. The van der Waals surface area contributed by atoms with Crippen molar-refractivity contribution in [1.82, 2.24) is 9.97 Å². The number of aromatic nitrogens is 2. The first kappa shape index (κ1) is 21.3. The lowest BCUT2D eigenvalue weighted by Gasteiger charge is -2.33. The smallest absolute Gasteiger partial charge is 0.325 e. The van der Waals surface area contributed by atoms with Crippen LogP contribution in [0.2, 0.25) is 0 Å². The van der Waals surface area contributed by atoms with Gasteiger partial charge in [-0.1, -0.05) is 0 Å². The summed E-state index contributed by atoms with van der Waals surface area (Å²) in [5.74, 6) is 7.79. The highest BCUT2D eigenvalue weighted by molar-refractivity contribution is 7.51. The number of hydrogen-bond acceptors (Lipinski definition) is 8. The fraction of sp³-hybridized carbons (Fsp3) is 0.444. The van der Waals surface area contributed by atoms with Crippen molar-refractivity contribution in [2.45, 2.75) is 19.3 Å². The molecule has 0 amide bonds. The number of fused-ring (bicyclic) bond motifs is 1. The van der Waals surface area contributed by atoms with Crippen molar-refractivity contribution in [3.8, 4) is 5.75 Å². The first-order valence-corrected chi connectivity index (χ1v) is 11.2. The SMILES string of the molecule is COc1ccc2c(N3CCC(CCP(=O)(O)O)CC3)ncnc2c1N(N)/C=C\N. The van der Waals surface area contributed by atoms with E-state index < -0.39 is 7.60 Å². The number of benzene rings is 1. The molecule has 0 atom stereocenters. The minimum absolute atomic E-state index is 0.0573. The molecule has 1 saturated heterocycles. The van der Waals surface area contributed by atoms with Gasteiger partial charge in [0.25, 0.3) is 0 Å². The van der Waals surface area contributed by atoms with Gasteiger partial charge in [0.2, 0.25) is 0 Å². The normalized spacial score (nSPS) is 15.9. The van der Waals surface area contributed by atoms with Crippen molar-refractivity contribution in [3.63, 3.8) is 0 Å². The third-order valence-corrected chi connectivity index (χ3v) is 6.03. The van der Waals surface area contributed by atoms with Gasteiger partial charge in [0, 0.05) is 30.9 Å². The van der Waals surface area contributed by atoms with Gasteiger partial charge >= 0.3 is 7.60 Å². The number of methoxy groups -OCH3 is 1. The van der Waals surface area contributed by atoms with Crippen molar-refractivity contribution in [2.75, 3.05) is 36.3 Å². The Morgan fingerprint density at radius 2 is 2.07 bits per heavy atom. The van der Waals surface area contributed by atoms with Crippen molar-refractivity contribution in [3.05, 3.63) is 30.9 Å². The van der Waals surface area contributed by atoms with Gasteiger partial charge in [-0.25, -0.2) is 15.8 Å². The summed E-state index contributed by atoms with van der Waals surface area (Å²) in [6.45, 7) is 1.52. The molecule has 29 heavy (non-hydrogen) atoms. The molecule has 2 aromatic rings. The molecule has 11 heteroatoms. The van der Waals surface area contributed by atoms with E-state index in [-0.39, 0.29) is 6.16 Å². The van der Waals surface area contributed by atoms with Gasteiger partial charge in [0.15, 0.2) is 0 Å². The number of nitrogens with two attached hydrogens (primary N) is 2. The summed E-state index contributed by atoms with van der Waals surface area (Å²) < 4.78 is 16.6. The number of nitrogens with zero attached hydrogens (tertiary/aromatic N) is 4. The van der Waals surface area contributed by atoms with Gasteiger partial charge in [-0.15, -0.1) is 0 Å². The van der Waals surface area contributed by atoms with Crippen LogP contribution in [-0.4, -0.2) is 46.1 Å². The summed E-state index contributed by atoms with van der Waals surface area (Å²) in [4.78, 5) is 29.3. The van der Waals surface area contributed by atoms with Crippen molar-refractivity contribution in [1.29, 1.82) is 0 Å². The van der Waals surface area contributed by atoms with Crippen LogP contribution in [0.3, 0.4) is 0 Å². The topological polar surface area (TPSA) is 151 Å². The average Bonchev–Trinajstić information content (AvgIpc) is 2.71. The summed E-state index contributed by atoms with van der Waals surface area (Å²) in [6, 6.07) is 3.73. The number of ether oxygens (including phenoxy) is 1. The Morgan fingerprint density at radius 1 is 1.34 bits per heavy atom. The third-order valence-electron chi connectivity index (χ3n) is 5.19. The van der Waals surface area contributed by atoms with Crippen LogP contribution in [0.1, 0.15) is 19.3 Å². The molecule has 1 fully saturated rings. The third kappa shape index (κ3) is 4.97. The van der Waals surface area contributed by atoms with E-state index in [9.17, 15) is 4.57 Å². The van der Waals surface area contributed by atoms with Crippen LogP contribution in [0.5, 0.6) is 5.75 Å². The van der Waals surface area contributed by atoms with Crippen LogP contribution in [0.25, 0.3) is 10.9 Å². The highest BCUT2D eigenvalue weighted by Gasteiger charge is 2.25. The number of hydrogen-bond donors (Lipinski definition) is 4. The highest BCUT2D eigenvalue weighted by atomic mass is 31.2. The Bertz CT molecular complexity index is 926. The summed E-state index contributed by atoms with van der Waals surface area (Å²) in [6.07, 6.45) is 6.55. The van der Waals surface area contributed by atoms with Crippen LogP contribution in [-0.2, 0) is 4.57 Å². The predicted molar refractivity (Wildman–Crippen MR) is 113 cm³/mol. The fourth-order valence-corrected chi connectivity index (χ4v) is 4.40. The second-order valence-electron chi connectivity index (χ2n) is 7.07. The van der Waals surface area contributed by atoms with Crippen molar-refractivity contribution in [2.24, 2.45) is 17.5 Å². The molecule has 0 radical (unpaired) electrons. The Kier molecular flexibility index (Phi) is 6.59. The van der Waals surface area contributed by atoms with Crippen LogP contribution in [0, 0.1) is 5.92 Å². The average molecular weight is 422 g/mol. The molecule has 1 aliphatic rings. The van der Waals surface area contributed by atoms with E-state index in [0.29, 0.717) is 29.3 Å². The van der Waals surface area contributed by atoms with E-state index in [2.05, 4.69) is 14.9 Å². The Morgan fingerprint density at radius 3 is 2.69 bits per heavy atom. The van der Waals surface area contributed by atoms with Crippen molar-refractivity contribution >= 4 is 30.0 Å². The Labute approximate surface area is 169 Å². The zero-order valence-corrected chi connectivity index (χ0v) is 17.2. The molecular formula is C18H27N6O4P. The molecule has 0 saturated carbocycles. The van der Waals surface area contributed by atoms with Crippen LogP contribution >= 0.6 is 7.60 Å². The molecule has 0 aliphatic carbocycles. The maximum atomic E-state index is 11.1. The quantitative estimate of drug-likeness (QED) is 0.294. The summed E-state index contributed by atoms with van der Waals surface area (Å²) >= 11 is 0. The molecule has 0 bridgehead atoms. The lowest BCUT2D eigenvalue weighted by atomic mass is 9.94. The van der Waals surface area contributed by atoms with Gasteiger partial charge in [-0.2, -0.15) is 0 Å². The second-order valence-corrected chi connectivity index (χ2v) is 8.84. The summed E-state index contributed by atoms with van der Waals surface area (Å²) in [7, 11) is -2.38. The van der Waals surface area contributed by atoms with Gasteiger partial charge in [0.05, 0.1) is 13.3 Å².